The number of rotatable bonds is 19. The Bertz CT molecular complexity index is 1180. The largest absolute Gasteiger partial charge is 0.465 e. The molecule has 3 aliphatic heterocycles. The number of unbranched alkanes of at least 4 members (excludes halogenated alkanes) is 4. The number of carbonyl (C=O) groups excluding carboxylic acids is 3. The average molecular weight is 726 g/mol. The van der Waals surface area contributed by atoms with E-state index in [9.17, 15) is 14.4 Å². The number of esters is 3. The minimum atomic E-state index is -0.298. The number of piperidine rings is 3. The van der Waals surface area contributed by atoms with Gasteiger partial charge in [-0.25, -0.2) is 0 Å². The lowest BCUT2D eigenvalue weighted by Crippen LogP contribution is -2.54. The van der Waals surface area contributed by atoms with Crippen LogP contribution in [-0.4, -0.2) is 62.3 Å². The maximum absolute atomic E-state index is 13.7. The summed E-state index contributed by atoms with van der Waals surface area (Å²) in [6.07, 6.45) is 25.4. The summed E-state index contributed by atoms with van der Waals surface area (Å²) >= 11 is 0. The van der Waals surface area contributed by atoms with Crippen molar-refractivity contribution in [1.29, 1.82) is 0 Å². The highest BCUT2D eigenvalue weighted by molar-refractivity contribution is 5.77. The van der Waals surface area contributed by atoms with Crippen molar-refractivity contribution in [3.8, 4) is 0 Å². The van der Waals surface area contributed by atoms with Crippen molar-refractivity contribution in [2.75, 3.05) is 39.5 Å². The minimum absolute atomic E-state index is 0.0187. The quantitative estimate of drug-likeness (QED) is 0.0745. The zero-order valence-corrected chi connectivity index (χ0v) is 33.8. The van der Waals surface area contributed by atoms with E-state index < -0.39 is 0 Å². The van der Waals surface area contributed by atoms with Gasteiger partial charge in [-0.05, 0) is 146 Å². The van der Waals surface area contributed by atoms with Crippen LogP contribution < -0.4 is 0 Å². The molecule has 5 saturated carbocycles. The van der Waals surface area contributed by atoms with Crippen molar-refractivity contribution in [3.63, 3.8) is 0 Å². The van der Waals surface area contributed by atoms with E-state index in [4.69, 9.17) is 14.2 Å². The molecule has 8 aliphatic rings. The van der Waals surface area contributed by atoms with Crippen LogP contribution in [0.25, 0.3) is 0 Å². The molecule has 7 nitrogen and oxygen atoms in total. The first kappa shape index (κ1) is 40.0. The van der Waals surface area contributed by atoms with E-state index in [1.165, 1.54) is 77.0 Å². The van der Waals surface area contributed by atoms with Crippen LogP contribution in [0.1, 0.15) is 182 Å². The molecule has 3 saturated heterocycles. The summed E-state index contributed by atoms with van der Waals surface area (Å²) in [5.74, 6) is 1.65. The van der Waals surface area contributed by atoms with Crippen LogP contribution in [-0.2, 0) is 28.6 Å². The van der Waals surface area contributed by atoms with Crippen molar-refractivity contribution >= 4 is 17.9 Å². The molecule has 0 N–H and O–H groups in total. The van der Waals surface area contributed by atoms with E-state index in [0.29, 0.717) is 44.5 Å². The Morgan fingerprint density at radius 3 is 1.73 bits per heavy atom. The van der Waals surface area contributed by atoms with E-state index in [-0.39, 0.29) is 45.0 Å². The van der Waals surface area contributed by atoms with Crippen LogP contribution >= 0.6 is 0 Å². The van der Waals surface area contributed by atoms with Crippen LogP contribution in [0.4, 0.5) is 0 Å². The monoisotopic (exact) mass is 726 g/mol. The topological polar surface area (TPSA) is 82.1 Å². The van der Waals surface area contributed by atoms with Gasteiger partial charge in [-0.15, -0.1) is 0 Å². The number of hydrogen-bond donors (Lipinski definition) is 0. The lowest BCUT2D eigenvalue weighted by atomic mass is 9.49. The number of nitrogens with zero attached hydrogens (tertiary/aromatic N) is 1. The standard InChI is InChI=1S/C45H75NO6/c1-5-7-9-11-36(12-10-8-6-2)25-38(47)50-32-41(3)26-37-27-42(4,33-52-40(49)45-19-22-46(23-20-45)24-21-45)31-44(28-37,30-41)34-51-39(48)29-43-16-13-35(14-17-43)15-18-43/h35-37H,5-34H2,1-4H3. The Morgan fingerprint density at radius 2 is 1.17 bits per heavy atom. The van der Waals surface area contributed by atoms with Crippen LogP contribution in [0.2, 0.25) is 0 Å². The molecule has 4 unspecified atom stereocenters. The fraction of sp³-hybridized carbons (Fsp3) is 0.933. The minimum Gasteiger partial charge on any atom is -0.465 e. The summed E-state index contributed by atoms with van der Waals surface area (Å²) < 4.78 is 18.9. The Morgan fingerprint density at radius 1 is 0.635 bits per heavy atom. The molecule has 4 atom stereocenters. The van der Waals surface area contributed by atoms with Gasteiger partial charge in [0.2, 0.25) is 0 Å². The highest BCUT2D eigenvalue weighted by atomic mass is 16.5. The average Bonchev–Trinajstić information content (AvgIpc) is 3.13. The third kappa shape index (κ3) is 9.96. The predicted octanol–water partition coefficient (Wildman–Crippen LogP) is 10.2. The molecular weight excluding hydrogens is 650 g/mol. The van der Waals surface area contributed by atoms with Crippen molar-refractivity contribution in [3.05, 3.63) is 0 Å². The molecule has 6 bridgehead atoms. The van der Waals surface area contributed by atoms with Gasteiger partial charge in [0.1, 0.15) is 0 Å². The molecule has 52 heavy (non-hydrogen) atoms. The number of ether oxygens (including phenoxy) is 3. The highest BCUT2D eigenvalue weighted by Gasteiger charge is 2.56. The Kier molecular flexibility index (Phi) is 13.1. The molecule has 0 amide bonds. The number of fused-ring (bicyclic) bond motifs is 8. The Hall–Kier alpha value is -1.63. The molecule has 0 aromatic carbocycles. The molecule has 5 aliphatic carbocycles. The molecule has 8 fully saturated rings. The first-order valence-electron chi connectivity index (χ1n) is 22.1. The van der Waals surface area contributed by atoms with Crippen LogP contribution in [0.3, 0.4) is 0 Å². The fourth-order valence-corrected chi connectivity index (χ4v) is 12.8. The van der Waals surface area contributed by atoms with E-state index in [0.717, 1.165) is 89.8 Å². The summed E-state index contributed by atoms with van der Waals surface area (Å²) in [5.41, 5.74) is -0.694. The van der Waals surface area contributed by atoms with Gasteiger partial charge in [0, 0.05) is 22.7 Å². The Labute approximate surface area is 316 Å². The van der Waals surface area contributed by atoms with Gasteiger partial charge in [0.25, 0.3) is 0 Å². The maximum atomic E-state index is 13.7. The third-order valence-electron chi connectivity index (χ3n) is 15.4. The normalized spacial score (nSPS) is 37.9. The van der Waals surface area contributed by atoms with Gasteiger partial charge >= 0.3 is 17.9 Å². The summed E-state index contributed by atoms with van der Waals surface area (Å²) in [6.45, 7) is 13.4. The van der Waals surface area contributed by atoms with Gasteiger partial charge in [-0.1, -0.05) is 66.2 Å². The summed E-state index contributed by atoms with van der Waals surface area (Å²) in [5, 5.41) is 0. The predicted molar refractivity (Wildman–Crippen MR) is 205 cm³/mol. The molecule has 0 radical (unpaired) electrons. The lowest BCUT2D eigenvalue weighted by molar-refractivity contribution is -0.177. The second-order valence-electron chi connectivity index (χ2n) is 20.4. The smallest absolute Gasteiger partial charge is 0.312 e. The molecule has 0 spiro atoms. The Balaban J connectivity index is 1.10. The van der Waals surface area contributed by atoms with Crippen molar-refractivity contribution < 1.29 is 28.6 Å². The van der Waals surface area contributed by atoms with Gasteiger partial charge in [-0.3, -0.25) is 14.4 Å². The zero-order valence-electron chi connectivity index (χ0n) is 33.8. The van der Waals surface area contributed by atoms with Crippen molar-refractivity contribution in [2.45, 2.75) is 182 Å². The van der Waals surface area contributed by atoms with E-state index in [2.05, 4.69) is 32.6 Å². The SMILES string of the molecule is CCCCCC(CCCCC)CC(=O)OCC1(C)CC2CC(C)(COC(=O)C34CCN(CC3)CC4)CC(COC(=O)CC34CCC(CC3)CC4)(C2)C1. The van der Waals surface area contributed by atoms with Crippen LogP contribution in [0.15, 0.2) is 0 Å². The highest BCUT2D eigenvalue weighted by Crippen LogP contribution is 2.61. The zero-order chi connectivity index (χ0) is 36.9. The van der Waals surface area contributed by atoms with Crippen molar-refractivity contribution in [1.82, 2.24) is 4.90 Å². The third-order valence-corrected chi connectivity index (χ3v) is 15.4. The first-order chi connectivity index (χ1) is 24.9. The van der Waals surface area contributed by atoms with Crippen molar-refractivity contribution in [2.24, 2.45) is 44.8 Å². The fourth-order valence-electron chi connectivity index (χ4n) is 12.8. The second-order valence-corrected chi connectivity index (χ2v) is 20.4. The molecule has 296 valence electrons. The van der Waals surface area contributed by atoms with Gasteiger partial charge in [0.15, 0.2) is 0 Å². The molecule has 0 aromatic heterocycles. The molecule has 8 rings (SSSR count). The second kappa shape index (κ2) is 17.0. The van der Waals surface area contributed by atoms with Gasteiger partial charge < -0.3 is 19.1 Å². The van der Waals surface area contributed by atoms with Crippen LogP contribution in [0, 0.1) is 44.8 Å². The van der Waals surface area contributed by atoms with Crippen LogP contribution in [0.5, 0.6) is 0 Å². The summed E-state index contributed by atoms with van der Waals surface area (Å²) in [6, 6.07) is 0. The number of carbonyl (C=O) groups is 3. The summed E-state index contributed by atoms with van der Waals surface area (Å²) in [4.78, 5) is 43.1. The lowest BCUT2D eigenvalue weighted by Gasteiger charge is -2.57. The molecule has 0 aromatic rings. The first-order valence-corrected chi connectivity index (χ1v) is 22.1. The molecular formula is C45H75NO6. The molecule has 7 heteroatoms. The van der Waals surface area contributed by atoms with E-state index >= 15 is 0 Å². The summed E-state index contributed by atoms with van der Waals surface area (Å²) in [7, 11) is 0. The number of hydrogen-bond acceptors (Lipinski definition) is 7. The van der Waals surface area contributed by atoms with Gasteiger partial charge in [-0.2, -0.15) is 0 Å². The molecule has 3 heterocycles. The van der Waals surface area contributed by atoms with Gasteiger partial charge in [0.05, 0.1) is 31.7 Å². The maximum Gasteiger partial charge on any atom is 0.312 e. The van der Waals surface area contributed by atoms with E-state index in [1.807, 2.05) is 0 Å². The van der Waals surface area contributed by atoms with E-state index in [1.54, 1.807) is 0 Å².